The van der Waals surface area contributed by atoms with Crippen LogP contribution in [0.4, 0.5) is 0 Å². The molecule has 0 radical (unpaired) electrons. The molecule has 4 rings (SSSR count). The number of carboxylic acid groups (broad SMARTS) is 1. The van der Waals surface area contributed by atoms with Crippen molar-refractivity contribution in [1.29, 1.82) is 0 Å². The van der Waals surface area contributed by atoms with Gasteiger partial charge in [0.1, 0.15) is 23.9 Å². The van der Waals surface area contributed by atoms with Crippen molar-refractivity contribution in [3.05, 3.63) is 84.1 Å². The summed E-state index contributed by atoms with van der Waals surface area (Å²) in [6.07, 6.45) is 3.96. The van der Waals surface area contributed by atoms with E-state index in [1.807, 2.05) is 24.3 Å². The number of aromatic hydroxyl groups is 1. The van der Waals surface area contributed by atoms with E-state index in [0.717, 1.165) is 16.5 Å². The van der Waals surface area contributed by atoms with Crippen molar-refractivity contribution in [1.82, 2.24) is 36.2 Å². The van der Waals surface area contributed by atoms with Crippen molar-refractivity contribution in [3.63, 3.8) is 0 Å². The summed E-state index contributed by atoms with van der Waals surface area (Å²) in [6, 6.07) is 8.69. The van der Waals surface area contributed by atoms with E-state index >= 15 is 0 Å². The number of hydrogen-bond donors (Lipinski definition) is 8. The molecule has 0 bridgehead atoms. The summed E-state index contributed by atoms with van der Waals surface area (Å²) in [5, 5.41) is 30.7. The van der Waals surface area contributed by atoms with Crippen molar-refractivity contribution in [3.8, 4) is 5.75 Å². The Morgan fingerprint density at radius 3 is 2.00 bits per heavy atom. The quantitative estimate of drug-likeness (QED) is 0.0798. The zero-order valence-electron chi connectivity index (χ0n) is 29.5. The number of fused-ring (bicyclic) bond motifs is 1. The number of hydrogen-bond acceptors (Lipinski definition) is 8. The molecule has 2 aromatic carbocycles. The molecule has 4 atom stereocenters. The molecule has 0 unspecified atom stereocenters. The minimum Gasteiger partial charge on any atom is -0.508 e. The van der Waals surface area contributed by atoms with Crippen LogP contribution in [0.15, 0.2) is 67.3 Å². The van der Waals surface area contributed by atoms with E-state index in [4.69, 9.17) is 0 Å². The van der Waals surface area contributed by atoms with E-state index in [9.17, 15) is 39.0 Å². The predicted molar refractivity (Wildman–Crippen MR) is 191 cm³/mol. The average Bonchev–Trinajstić information content (AvgIpc) is 3.75. The monoisotopic (exact) mass is 715 g/mol. The number of carboxylic acids is 1. The fourth-order valence-electron chi connectivity index (χ4n) is 5.75. The number of imidazole rings is 1. The molecule has 276 valence electrons. The number of phenols is 1. The minimum absolute atomic E-state index is 0.0108. The number of nitrogens with zero attached hydrogens (tertiary/aromatic N) is 1. The first-order valence-corrected chi connectivity index (χ1v) is 16.9. The third-order valence-corrected chi connectivity index (χ3v) is 8.42. The molecule has 4 amide bonds. The fraction of sp³-hybridized carbons (Fsp3) is 0.378. The molecule has 0 fully saturated rings. The molecule has 0 saturated heterocycles. The molecule has 2 aromatic heterocycles. The summed E-state index contributed by atoms with van der Waals surface area (Å²) in [4.78, 5) is 88.7. The van der Waals surface area contributed by atoms with Gasteiger partial charge in [-0.3, -0.25) is 28.8 Å². The highest BCUT2D eigenvalue weighted by molar-refractivity contribution is 5.97. The number of aromatic nitrogens is 3. The van der Waals surface area contributed by atoms with Gasteiger partial charge >= 0.3 is 5.97 Å². The van der Waals surface area contributed by atoms with Crippen LogP contribution in [0.25, 0.3) is 10.9 Å². The molecule has 0 saturated carbocycles. The van der Waals surface area contributed by atoms with Gasteiger partial charge in [0.05, 0.1) is 18.1 Å². The van der Waals surface area contributed by atoms with Gasteiger partial charge < -0.3 is 41.4 Å². The Morgan fingerprint density at radius 1 is 0.769 bits per heavy atom. The lowest BCUT2D eigenvalue weighted by molar-refractivity contribution is -0.138. The van der Waals surface area contributed by atoms with Crippen LogP contribution in [0.1, 0.15) is 57.4 Å². The molecule has 8 N–H and O–H groups in total. The Bertz CT molecular complexity index is 1880. The number of aliphatic carboxylic acids is 1. The van der Waals surface area contributed by atoms with Gasteiger partial charge in [-0.05, 0) is 35.7 Å². The van der Waals surface area contributed by atoms with Crippen LogP contribution in [0.5, 0.6) is 5.75 Å². The second kappa shape index (κ2) is 17.3. The normalized spacial score (nSPS) is 13.7. The van der Waals surface area contributed by atoms with E-state index in [0.29, 0.717) is 11.3 Å². The fourth-order valence-corrected chi connectivity index (χ4v) is 5.75. The lowest BCUT2D eigenvalue weighted by Crippen LogP contribution is -2.59. The maximum absolute atomic E-state index is 14.1. The van der Waals surface area contributed by atoms with E-state index in [1.54, 1.807) is 45.3 Å². The molecule has 0 aliphatic heterocycles. The van der Waals surface area contributed by atoms with E-state index in [-0.39, 0.29) is 37.2 Å². The number of H-pyrrole nitrogens is 2. The minimum atomic E-state index is -1.42. The SMILES string of the molecule is CC(=O)N[C@@H](Cc1c[nH]cn1)C(=O)N[C@@H](CCC(=O)O)C(=O)N[C@@H](Cc1ccc(O)cc1)C(=O)N[C@@H](Cc1c[nH]c2ccccc12)C(=O)C(C)(C)C. The maximum Gasteiger partial charge on any atom is 0.303 e. The van der Waals surface area contributed by atoms with Crippen molar-refractivity contribution in [2.75, 3.05) is 0 Å². The molecule has 15 nitrogen and oxygen atoms in total. The first kappa shape index (κ1) is 38.8. The van der Waals surface area contributed by atoms with Crippen molar-refractivity contribution < 1.29 is 39.0 Å². The Balaban J connectivity index is 1.61. The van der Waals surface area contributed by atoms with Gasteiger partial charge in [-0.2, -0.15) is 0 Å². The lowest BCUT2D eigenvalue weighted by atomic mass is 9.84. The predicted octanol–water partition coefficient (Wildman–Crippen LogP) is 2.06. The summed E-state index contributed by atoms with van der Waals surface area (Å²) in [5.74, 6) is -4.30. The van der Waals surface area contributed by atoms with Crippen LogP contribution in [0.3, 0.4) is 0 Å². The van der Waals surface area contributed by atoms with Gasteiger partial charge in [-0.1, -0.05) is 51.1 Å². The van der Waals surface area contributed by atoms with Crippen LogP contribution in [-0.2, 0) is 48.0 Å². The van der Waals surface area contributed by atoms with Crippen LogP contribution in [0, 0.1) is 5.41 Å². The number of carbonyl (C=O) groups excluding carboxylic acids is 5. The Labute approximate surface area is 300 Å². The second-order valence-electron chi connectivity index (χ2n) is 13.7. The number of para-hydroxylation sites is 1. The highest BCUT2D eigenvalue weighted by Gasteiger charge is 2.35. The number of ketones is 1. The van der Waals surface area contributed by atoms with Crippen LogP contribution in [-0.4, -0.2) is 84.7 Å². The average molecular weight is 716 g/mol. The zero-order chi connectivity index (χ0) is 38.0. The molecular formula is C37H45N7O8. The maximum atomic E-state index is 14.1. The largest absolute Gasteiger partial charge is 0.508 e. The van der Waals surface area contributed by atoms with Gasteiger partial charge in [0.25, 0.3) is 0 Å². The van der Waals surface area contributed by atoms with Crippen molar-refractivity contribution >= 4 is 46.3 Å². The molecular weight excluding hydrogens is 670 g/mol. The van der Waals surface area contributed by atoms with E-state index in [2.05, 4.69) is 36.2 Å². The summed E-state index contributed by atoms with van der Waals surface area (Å²) < 4.78 is 0. The number of nitrogens with one attached hydrogen (secondary N) is 6. The number of rotatable bonds is 17. The van der Waals surface area contributed by atoms with Gasteiger partial charge in [0.2, 0.25) is 23.6 Å². The van der Waals surface area contributed by atoms with Crippen molar-refractivity contribution in [2.24, 2.45) is 5.41 Å². The van der Waals surface area contributed by atoms with Crippen LogP contribution >= 0.6 is 0 Å². The summed E-state index contributed by atoms with van der Waals surface area (Å²) in [5.41, 5.74) is 1.84. The summed E-state index contributed by atoms with van der Waals surface area (Å²) in [7, 11) is 0. The second-order valence-corrected chi connectivity index (χ2v) is 13.7. The molecule has 0 aliphatic carbocycles. The molecule has 2 heterocycles. The lowest BCUT2D eigenvalue weighted by Gasteiger charge is -2.29. The first-order valence-electron chi connectivity index (χ1n) is 16.9. The number of phenolic OH excluding ortho intramolecular Hbond substituents is 1. The van der Waals surface area contributed by atoms with E-state index in [1.165, 1.54) is 25.4 Å². The first-order chi connectivity index (χ1) is 24.6. The Morgan fingerprint density at radius 2 is 1.38 bits per heavy atom. The topological polar surface area (TPSA) is 235 Å². The zero-order valence-corrected chi connectivity index (χ0v) is 29.5. The highest BCUT2D eigenvalue weighted by atomic mass is 16.4. The van der Waals surface area contributed by atoms with Crippen molar-refractivity contribution in [2.45, 2.75) is 84.0 Å². The molecule has 0 aliphatic rings. The number of aromatic amines is 2. The van der Waals surface area contributed by atoms with Gasteiger partial charge in [0.15, 0.2) is 5.78 Å². The molecule has 4 aromatic rings. The third kappa shape index (κ3) is 11.0. The summed E-state index contributed by atoms with van der Waals surface area (Å²) >= 11 is 0. The Hall–Kier alpha value is -5.99. The molecule has 52 heavy (non-hydrogen) atoms. The number of amides is 4. The van der Waals surface area contributed by atoms with Gasteiger partial charge in [0, 0.05) is 61.3 Å². The molecule has 0 spiro atoms. The highest BCUT2D eigenvalue weighted by Crippen LogP contribution is 2.24. The van der Waals surface area contributed by atoms with Crippen LogP contribution in [0.2, 0.25) is 0 Å². The number of benzene rings is 2. The number of Topliss-reactive ketones (excluding diaryl/α,β-unsaturated/α-hetero) is 1. The van der Waals surface area contributed by atoms with Gasteiger partial charge in [-0.15, -0.1) is 0 Å². The standard InChI is InChI=1S/C37H45N7O8/c1-21(45)41-31(17-24-19-38-20-40-24)36(52)42-28(13-14-32(47)48)34(50)44-30(15-22-9-11-25(46)12-10-22)35(51)43-29(33(49)37(2,3)4)16-23-18-39-27-8-6-5-7-26(23)27/h5-12,18-20,28-31,39,46H,13-17H2,1-4H3,(H,38,40)(H,41,45)(H,42,52)(H,43,51)(H,44,50)(H,47,48)/t28-,29-,30-,31-/m0/s1. The van der Waals surface area contributed by atoms with Crippen LogP contribution < -0.4 is 21.3 Å². The number of carbonyl (C=O) groups is 6. The summed E-state index contributed by atoms with van der Waals surface area (Å²) in [6.45, 7) is 6.46. The smallest absolute Gasteiger partial charge is 0.303 e. The Kier molecular flexibility index (Phi) is 12.9. The third-order valence-electron chi connectivity index (χ3n) is 8.42. The van der Waals surface area contributed by atoms with E-state index < -0.39 is 65.6 Å². The molecule has 15 heteroatoms. The van der Waals surface area contributed by atoms with Gasteiger partial charge in [-0.25, -0.2) is 4.98 Å².